The molecular formula is C8H14ClN5. The zero-order chi connectivity index (χ0) is 10.7. The Morgan fingerprint density at radius 1 is 1.07 bits per heavy atom. The third-order valence-electron chi connectivity index (χ3n) is 1.80. The van der Waals surface area contributed by atoms with Crippen molar-refractivity contribution >= 4 is 23.5 Å². The third-order valence-corrected chi connectivity index (χ3v) is 1.97. The molecule has 0 spiro atoms. The summed E-state index contributed by atoms with van der Waals surface area (Å²) in [4.78, 5) is 16.0. The first-order valence-corrected chi connectivity index (χ1v) is 4.72. The number of hydrogen-bond acceptors (Lipinski definition) is 5. The monoisotopic (exact) mass is 215 g/mol. The van der Waals surface area contributed by atoms with Crippen LogP contribution in [0, 0.1) is 0 Å². The second-order valence-corrected chi connectivity index (χ2v) is 3.45. The molecule has 1 aromatic rings. The van der Waals surface area contributed by atoms with E-state index >= 15 is 0 Å². The molecule has 14 heavy (non-hydrogen) atoms. The lowest BCUT2D eigenvalue weighted by Crippen LogP contribution is -2.21. The van der Waals surface area contributed by atoms with Crippen molar-refractivity contribution in [3.8, 4) is 0 Å². The predicted molar refractivity (Wildman–Crippen MR) is 58.1 cm³/mol. The van der Waals surface area contributed by atoms with Gasteiger partial charge in [-0.25, -0.2) is 0 Å². The van der Waals surface area contributed by atoms with Crippen molar-refractivity contribution in [1.29, 1.82) is 0 Å². The SMILES string of the molecule is CCN(C)c1nc(Cl)nc(N(C)C)n1. The van der Waals surface area contributed by atoms with Gasteiger partial charge in [0.2, 0.25) is 17.2 Å². The highest BCUT2D eigenvalue weighted by Crippen LogP contribution is 2.13. The number of hydrogen-bond donors (Lipinski definition) is 0. The van der Waals surface area contributed by atoms with Crippen molar-refractivity contribution in [2.45, 2.75) is 6.92 Å². The largest absolute Gasteiger partial charge is 0.347 e. The van der Waals surface area contributed by atoms with E-state index in [9.17, 15) is 0 Å². The minimum absolute atomic E-state index is 0.221. The van der Waals surface area contributed by atoms with Gasteiger partial charge in [-0.3, -0.25) is 0 Å². The molecule has 0 bridgehead atoms. The highest BCUT2D eigenvalue weighted by molar-refractivity contribution is 6.28. The fraction of sp³-hybridized carbons (Fsp3) is 0.625. The zero-order valence-corrected chi connectivity index (χ0v) is 9.58. The van der Waals surface area contributed by atoms with Crippen LogP contribution in [-0.4, -0.2) is 42.6 Å². The Bertz CT molecular complexity index is 315. The highest BCUT2D eigenvalue weighted by atomic mass is 35.5. The molecule has 0 fully saturated rings. The normalized spacial score (nSPS) is 10.1. The molecule has 0 aliphatic heterocycles. The van der Waals surface area contributed by atoms with Crippen LogP contribution in [-0.2, 0) is 0 Å². The average molecular weight is 216 g/mol. The molecule has 0 saturated carbocycles. The van der Waals surface area contributed by atoms with E-state index < -0.39 is 0 Å². The zero-order valence-electron chi connectivity index (χ0n) is 8.82. The second-order valence-electron chi connectivity index (χ2n) is 3.11. The van der Waals surface area contributed by atoms with E-state index in [-0.39, 0.29) is 5.28 Å². The van der Waals surface area contributed by atoms with E-state index in [0.29, 0.717) is 11.9 Å². The molecule has 0 aliphatic carbocycles. The summed E-state index contributed by atoms with van der Waals surface area (Å²) in [6.45, 7) is 2.85. The summed E-state index contributed by atoms with van der Waals surface area (Å²) in [7, 11) is 5.63. The van der Waals surface area contributed by atoms with Crippen LogP contribution < -0.4 is 9.80 Å². The summed E-state index contributed by atoms with van der Waals surface area (Å²) >= 11 is 5.78. The van der Waals surface area contributed by atoms with Crippen LogP contribution in [0.4, 0.5) is 11.9 Å². The maximum Gasteiger partial charge on any atom is 0.231 e. The van der Waals surface area contributed by atoms with Gasteiger partial charge >= 0.3 is 0 Å². The summed E-state index contributed by atoms with van der Waals surface area (Å²) in [5, 5.41) is 0.221. The smallest absolute Gasteiger partial charge is 0.231 e. The maximum absolute atomic E-state index is 5.78. The summed E-state index contributed by atoms with van der Waals surface area (Å²) in [6.07, 6.45) is 0. The molecule has 1 heterocycles. The lowest BCUT2D eigenvalue weighted by molar-refractivity contribution is 0.866. The number of aromatic nitrogens is 3. The van der Waals surface area contributed by atoms with Crippen molar-refractivity contribution in [3.63, 3.8) is 0 Å². The fourth-order valence-corrected chi connectivity index (χ4v) is 0.993. The van der Waals surface area contributed by atoms with Crippen LogP contribution in [0.1, 0.15) is 6.92 Å². The lowest BCUT2D eigenvalue weighted by Gasteiger charge is -2.16. The van der Waals surface area contributed by atoms with E-state index in [1.165, 1.54) is 0 Å². The topological polar surface area (TPSA) is 45.2 Å². The molecule has 1 aromatic heterocycles. The molecule has 0 aliphatic rings. The Kier molecular flexibility index (Phi) is 3.46. The van der Waals surface area contributed by atoms with Crippen molar-refractivity contribution in [1.82, 2.24) is 15.0 Å². The van der Waals surface area contributed by atoms with Crippen LogP contribution >= 0.6 is 11.6 Å². The molecular weight excluding hydrogens is 202 g/mol. The van der Waals surface area contributed by atoms with Gasteiger partial charge in [0, 0.05) is 27.7 Å². The van der Waals surface area contributed by atoms with E-state index in [1.807, 2.05) is 33.0 Å². The number of anilines is 2. The molecule has 0 amide bonds. The minimum Gasteiger partial charge on any atom is -0.347 e. The minimum atomic E-state index is 0.221. The molecule has 0 radical (unpaired) electrons. The van der Waals surface area contributed by atoms with Crippen LogP contribution in [0.2, 0.25) is 5.28 Å². The van der Waals surface area contributed by atoms with Gasteiger partial charge in [-0.05, 0) is 18.5 Å². The van der Waals surface area contributed by atoms with Crippen LogP contribution in [0.25, 0.3) is 0 Å². The predicted octanol–water partition coefficient (Wildman–Crippen LogP) is 1.05. The van der Waals surface area contributed by atoms with E-state index in [4.69, 9.17) is 11.6 Å². The average Bonchev–Trinajstić information content (AvgIpc) is 2.15. The molecule has 78 valence electrons. The first-order chi connectivity index (χ1) is 6.54. The molecule has 5 nitrogen and oxygen atoms in total. The first-order valence-electron chi connectivity index (χ1n) is 4.34. The molecule has 0 atom stereocenters. The molecule has 0 unspecified atom stereocenters. The van der Waals surface area contributed by atoms with Crippen molar-refractivity contribution in [3.05, 3.63) is 5.28 Å². The van der Waals surface area contributed by atoms with Gasteiger partial charge in [0.15, 0.2) is 0 Å². The Balaban J connectivity index is 3.07. The summed E-state index contributed by atoms with van der Waals surface area (Å²) in [5.41, 5.74) is 0. The van der Waals surface area contributed by atoms with Gasteiger partial charge in [-0.15, -0.1) is 0 Å². The molecule has 0 saturated heterocycles. The number of nitrogens with zero attached hydrogens (tertiary/aromatic N) is 5. The number of halogens is 1. The molecule has 6 heteroatoms. The van der Waals surface area contributed by atoms with E-state index in [2.05, 4.69) is 15.0 Å². The Hall–Kier alpha value is -1.10. The van der Waals surface area contributed by atoms with Crippen LogP contribution in [0.5, 0.6) is 0 Å². The molecule has 0 aromatic carbocycles. The van der Waals surface area contributed by atoms with Gasteiger partial charge in [-0.2, -0.15) is 15.0 Å². The maximum atomic E-state index is 5.78. The summed E-state index contributed by atoms with van der Waals surface area (Å²) in [6, 6.07) is 0. The number of rotatable bonds is 3. The summed E-state index contributed by atoms with van der Waals surface area (Å²) in [5.74, 6) is 1.16. The van der Waals surface area contributed by atoms with Gasteiger partial charge in [0.25, 0.3) is 0 Å². The third kappa shape index (κ3) is 2.45. The van der Waals surface area contributed by atoms with Gasteiger partial charge in [-0.1, -0.05) is 0 Å². The van der Waals surface area contributed by atoms with Gasteiger partial charge in [0.1, 0.15) is 0 Å². The Morgan fingerprint density at radius 3 is 2.14 bits per heavy atom. The second kappa shape index (κ2) is 4.41. The van der Waals surface area contributed by atoms with Crippen molar-refractivity contribution in [2.75, 3.05) is 37.5 Å². The van der Waals surface area contributed by atoms with Crippen LogP contribution in [0.3, 0.4) is 0 Å². The highest BCUT2D eigenvalue weighted by Gasteiger charge is 2.08. The van der Waals surface area contributed by atoms with E-state index in [0.717, 1.165) is 6.54 Å². The Morgan fingerprint density at radius 2 is 1.64 bits per heavy atom. The molecule has 1 rings (SSSR count). The van der Waals surface area contributed by atoms with Crippen molar-refractivity contribution < 1.29 is 0 Å². The Labute approximate surface area is 88.7 Å². The first kappa shape index (κ1) is 11.0. The van der Waals surface area contributed by atoms with Gasteiger partial charge < -0.3 is 9.80 Å². The van der Waals surface area contributed by atoms with Gasteiger partial charge in [0.05, 0.1) is 0 Å². The quantitative estimate of drug-likeness (QED) is 0.754. The van der Waals surface area contributed by atoms with Crippen LogP contribution in [0.15, 0.2) is 0 Å². The standard InChI is InChI=1S/C8H14ClN5/c1-5-14(4)8-11-6(9)10-7(12-8)13(2)3/h5H2,1-4H3. The molecule has 0 N–H and O–H groups in total. The summed E-state index contributed by atoms with van der Waals surface area (Å²) < 4.78 is 0. The lowest BCUT2D eigenvalue weighted by atomic mass is 10.6. The van der Waals surface area contributed by atoms with E-state index in [1.54, 1.807) is 4.90 Å². The van der Waals surface area contributed by atoms with Crippen molar-refractivity contribution in [2.24, 2.45) is 0 Å². The fourth-order valence-electron chi connectivity index (χ4n) is 0.842.